The van der Waals surface area contributed by atoms with Gasteiger partial charge in [0.05, 0.1) is 5.41 Å². The molecule has 5 nitrogen and oxygen atoms in total. The number of oxime groups is 1. The largest absolute Gasteiger partial charge is 0.470 e. The van der Waals surface area contributed by atoms with Crippen LogP contribution in [0.4, 0.5) is 0 Å². The predicted octanol–water partition coefficient (Wildman–Crippen LogP) is 7.90. The van der Waals surface area contributed by atoms with Gasteiger partial charge in [-0.05, 0) is 65.9 Å². The molecule has 0 aliphatic heterocycles. The van der Waals surface area contributed by atoms with Gasteiger partial charge in [0, 0.05) is 5.56 Å². The second kappa shape index (κ2) is 13.1. The molecule has 0 heterocycles. The van der Waals surface area contributed by atoms with Gasteiger partial charge in [-0.25, -0.2) is 0 Å². The number of hydrogen-bond acceptors (Lipinski definition) is 5. The fraction of sp³-hybridized carbons (Fsp3) is 0.257. The highest BCUT2D eigenvalue weighted by Gasteiger charge is 2.42. The number of esters is 1. The molecular weight excluding hydrogens is 498 g/mol. The Bertz CT molecular complexity index is 1390. The molecule has 1 aliphatic rings. The second-order valence-corrected chi connectivity index (χ2v) is 10.4. The summed E-state index contributed by atoms with van der Waals surface area (Å²) in [5.41, 5.74) is 4.38. The average Bonchev–Trinajstić information content (AvgIpc) is 3.01. The lowest BCUT2D eigenvalue weighted by Crippen LogP contribution is -2.41. The third-order valence-corrected chi connectivity index (χ3v) is 7.45. The summed E-state index contributed by atoms with van der Waals surface area (Å²) in [4.78, 5) is 19.3. The summed E-state index contributed by atoms with van der Waals surface area (Å²) in [5, 5.41) is 4.31. The van der Waals surface area contributed by atoms with E-state index in [9.17, 15) is 4.79 Å². The second-order valence-electron chi connectivity index (χ2n) is 10.4. The predicted molar refractivity (Wildman–Crippen MR) is 157 cm³/mol. The lowest BCUT2D eigenvalue weighted by Gasteiger charge is -2.35. The number of hydrogen-bond donors (Lipinski definition) is 0. The van der Waals surface area contributed by atoms with E-state index in [0.717, 1.165) is 54.4 Å². The van der Waals surface area contributed by atoms with Crippen molar-refractivity contribution in [3.8, 4) is 5.75 Å². The Morgan fingerprint density at radius 2 is 1.32 bits per heavy atom. The van der Waals surface area contributed by atoms with Crippen LogP contribution in [0.3, 0.4) is 0 Å². The summed E-state index contributed by atoms with van der Waals surface area (Å²) in [5.74, 6) is 0.670. The monoisotopic (exact) mass is 533 g/mol. The van der Waals surface area contributed by atoms with Crippen molar-refractivity contribution in [3.63, 3.8) is 0 Å². The Hall–Kier alpha value is -4.38. The molecule has 0 amide bonds. The maximum atomic E-state index is 13.6. The van der Waals surface area contributed by atoms with Gasteiger partial charge in [-0.3, -0.25) is 4.79 Å². The number of carbonyl (C=O) groups excluding carboxylic acids is 1. The Kier molecular flexibility index (Phi) is 8.92. The molecular formula is C35H35NO4. The number of rotatable bonds is 9. The molecule has 0 bridgehead atoms. The smallest absolute Gasteiger partial charge is 0.321 e. The molecule has 0 unspecified atom stereocenters. The Morgan fingerprint density at radius 1 is 0.725 bits per heavy atom. The summed E-state index contributed by atoms with van der Waals surface area (Å²) in [6.45, 7) is 2.74. The lowest BCUT2D eigenvalue weighted by molar-refractivity contribution is -0.142. The van der Waals surface area contributed by atoms with E-state index < -0.39 is 5.41 Å². The summed E-state index contributed by atoms with van der Waals surface area (Å²) < 4.78 is 12.1. The molecule has 1 aliphatic carbocycles. The van der Waals surface area contributed by atoms with Gasteiger partial charge in [-0.2, -0.15) is 0 Å². The fourth-order valence-electron chi connectivity index (χ4n) is 5.14. The zero-order chi connectivity index (χ0) is 27.6. The van der Waals surface area contributed by atoms with E-state index in [1.807, 2.05) is 72.8 Å². The molecule has 5 rings (SSSR count). The van der Waals surface area contributed by atoms with E-state index in [0.29, 0.717) is 24.9 Å². The third kappa shape index (κ3) is 6.78. The van der Waals surface area contributed by atoms with Gasteiger partial charge in [0.2, 0.25) is 0 Å². The first-order chi connectivity index (χ1) is 19.6. The van der Waals surface area contributed by atoms with E-state index in [2.05, 4.69) is 36.3 Å². The molecule has 1 fully saturated rings. The minimum atomic E-state index is -0.610. The minimum Gasteiger partial charge on any atom is -0.470 e. The highest BCUT2D eigenvalue weighted by Crippen LogP contribution is 2.41. The van der Waals surface area contributed by atoms with Crippen molar-refractivity contribution in [2.75, 3.05) is 0 Å². The number of aryl methyl sites for hydroxylation is 1. The maximum absolute atomic E-state index is 13.6. The molecule has 0 N–H and O–H groups in total. The highest BCUT2D eigenvalue weighted by atomic mass is 16.6. The summed E-state index contributed by atoms with van der Waals surface area (Å²) in [7, 11) is 0. The van der Waals surface area contributed by atoms with Crippen molar-refractivity contribution >= 4 is 11.9 Å². The summed E-state index contributed by atoms with van der Waals surface area (Å²) in [6, 6.07) is 35.3. The van der Waals surface area contributed by atoms with Crippen LogP contribution in [0.25, 0.3) is 0 Å². The number of nitrogens with zero attached hydrogens (tertiary/aromatic N) is 1. The zero-order valence-electron chi connectivity index (χ0n) is 22.9. The van der Waals surface area contributed by atoms with Crippen molar-refractivity contribution in [2.24, 2.45) is 5.16 Å². The normalized spacial score (nSPS) is 14.8. The van der Waals surface area contributed by atoms with E-state index in [1.165, 1.54) is 5.56 Å². The molecule has 0 spiro atoms. The first-order valence-electron chi connectivity index (χ1n) is 13.9. The maximum Gasteiger partial charge on any atom is 0.321 e. The van der Waals surface area contributed by atoms with Crippen LogP contribution in [-0.4, -0.2) is 11.9 Å². The average molecular weight is 534 g/mol. The third-order valence-electron chi connectivity index (χ3n) is 7.45. The Morgan fingerprint density at radius 3 is 1.95 bits per heavy atom. The summed E-state index contributed by atoms with van der Waals surface area (Å²) in [6.07, 6.45) is 4.78. The van der Waals surface area contributed by atoms with Crippen molar-refractivity contribution in [2.45, 2.75) is 57.7 Å². The standard InChI is InChI=1S/C35H35NO4/c1-27-15-19-31(20-16-27)35(23-9-4-10-24-35)34(37)40-32-21-17-30(18-22-32)33(38-25-28-11-5-2-6-12-28)36-39-26-29-13-7-3-8-14-29/h2-3,5-8,11-22H,4,9-10,23-26H2,1H3. The van der Waals surface area contributed by atoms with Crippen LogP contribution in [-0.2, 0) is 33.0 Å². The van der Waals surface area contributed by atoms with Crippen LogP contribution in [0, 0.1) is 6.92 Å². The fourth-order valence-corrected chi connectivity index (χ4v) is 5.14. The number of ether oxygens (including phenoxy) is 2. The quantitative estimate of drug-likeness (QED) is 0.0721. The van der Waals surface area contributed by atoms with Crippen LogP contribution >= 0.6 is 0 Å². The van der Waals surface area contributed by atoms with Crippen LogP contribution < -0.4 is 4.74 Å². The van der Waals surface area contributed by atoms with Gasteiger partial charge < -0.3 is 14.3 Å². The highest BCUT2D eigenvalue weighted by molar-refractivity contribution is 5.94. The first-order valence-corrected chi connectivity index (χ1v) is 13.9. The first kappa shape index (κ1) is 27.2. The molecule has 4 aromatic carbocycles. The van der Waals surface area contributed by atoms with Gasteiger partial charge in [0.1, 0.15) is 19.0 Å². The molecule has 0 radical (unpaired) electrons. The number of carbonyl (C=O) groups is 1. The van der Waals surface area contributed by atoms with Crippen LogP contribution in [0.1, 0.15) is 59.9 Å². The van der Waals surface area contributed by atoms with Gasteiger partial charge in [0.25, 0.3) is 5.90 Å². The van der Waals surface area contributed by atoms with Crippen molar-refractivity contribution in [1.82, 2.24) is 0 Å². The van der Waals surface area contributed by atoms with E-state index >= 15 is 0 Å². The topological polar surface area (TPSA) is 57.1 Å². The molecule has 4 aromatic rings. The van der Waals surface area contributed by atoms with Crippen LogP contribution in [0.5, 0.6) is 5.75 Å². The zero-order valence-corrected chi connectivity index (χ0v) is 22.9. The van der Waals surface area contributed by atoms with Crippen molar-refractivity contribution in [1.29, 1.82) is 0 Å². The molecule has 0 atom stereocenters. The van der Waals surface area contributed by atoms with E-state index in [-0.39, 0.29) is 5.97 Å². The van der Waals surface area contributed by atoms with Gasteiger partial charge in [-0.15, -0.1) is 0 Å². The van der Waals surface area contributed by atoms with Crippen molar-refractivity contribution < 1.29 is 19.1 Å². The Balaban J connectivity index is 1.32. The van der Waals surface area contributed by atoms with Gasteiger partial charge in [0.15, 0.2) is 0 Å². The molecule has 1 saturated carbocycles. The molecule has 204 valence electrons. The molecule has 5 heteroatoms. The van der Waals surface area contributed by atoms with Gasteiger partial charge >= 0.3 is 5.97 Å². The minimum absolute atomic E-state index is 0.191. The summed E-state index contributed by atoms with van der Waals surface area (Å²) >= 11 is 0. The van der Waals surface area contributed by atoms with Crippen molar-refractivity contribution in [3.05, 3.63) is 137 Å². The lowest BCUT2D eigenvalue weighted by atomic mass is 9.69. The SMILES string of the molecule is Cc1ccc(C2(C(=O)Oc3ccc(C(=NOCc4ccccc4)OCc4ccccc4)cc3)CCCCC2)cc1. The molecule has 40 heavy (non-hydrogen) atoms. The van der Waals surface area contributed by atoms with E-state index in [1.54, 1.807) is 12.1 Å². The molecule has 0 aromatic heterocycles. The van der Waals surface area contributed by atoms with Crippen LogP contribution in [0.15, 0.2) is 114 Å². The Labute approximate surface area is 236 Å². The number of benzene rings is 4. The van der Waals surface area contributed by atoms with E-state index in [4.69, 9.17) is 14.3 Å². The molecule has 0 saturated heterocycles. The van der Waals surface area contributed by atoms with Crippen LogP contribution in [0.2, 0.25) is 0 Å². The van der Waals surface area contributed by atoms with Gasteiger partial charge in [-0.1, -0.05) is 110 Å².